The molecule has 1 aromatic rings. The minimum absolute atomic E-state index is 0.0119. The van der Waals surface area contributed by atoms with E-state index in [0.717, 1.165) is 24.8 Å². The molecule has 1 atom stereocenters. The highest BCUT2D eigenvalue weighted by molar-refractivity contribution is 8.14. The van der Waals surface area contributed by atoms with Crippen molar-refractivity contribution in [3.8, 4) is 0 Å². The first-order chi connectivity index (χ1) is 15.6. The first-order valence-corrected chi connectivity index (χ1v) is 13.8. The second-order valence-electron chi connectivity index (χ2n) is 8.76. The van der Waals surface area contributed by atoms with Gasteiger partial charge >= 0.3 is 0 Å². The number of halogens is 1. The van der Waals surface area contributed by atoms with Gasteiger partial charge in [-0.3, -0.25) is 14.5 Å². The molecule has 0 spiro atoms. The van der Waals surface area contributed by atoms with Gasteiger partial charge in [-0.05, 0) is 49.8 Å². The molecule has 1 saturated heterocycles. The van der Waals surface area contributed by atoms with Crippen molar-refractivity contribution >= 4 is 34.5 Å². The van der Waals surface area contributed by atoms with Gasteiger partial charge in [0.2, 0.25) is 5.91 Å². The van der Waals surface area contributed by atoms with Gasteiger partial charge in [0.25, 0.3) is 5.24 Å². The van der Waals surface area contributed by atoms with Crippen molar-refractivity contribution in [2.24, 2.45) is 0 Å². The fraction of sp³-hybridized carbons (Fsp3) is 0.630. The zero-order valence-corrected chi connectivity index (χ0v) is 21.3. The first-order valence-electron chi connectivity index (χ1n) is 12.5. The van der Waals surface area contributed by atoms with Crippen LogP contribution in [0.2, 0.25) is 5.02 Å². The van der Waals surface area contributed by atoms with Gasteiger partial charge in [-0.25, -0.2) is 0 Å². The number of rotatable bonds is 16. The summed E-state index contributed by atoms with van der Waals surface area (Å²) < 4.78 is 0. The number of carbonyl (C=O) groups is 2. The van der Waals surface area contributed by atoms with Crippen LogP contribution in [0.4, 0.5) is 4.79 Å². The highest BCUT2D eigenvalue weighted by Crippen LogP contribution is 2.38. The number of thioether (sulfide) groups is 1. The van der Waals surface area contributed by atoms with Gasteiger partial charge in [0, 0.05) is 18.0 Å². The number of benzene rings is 1. The fourth-order valence-electron chi connectivity index (χ4n) is 4.00. The third-order valence-corrected chi connectivity index (χ3v) is 7.39. The predicted octanol–water partition coefficient (Wildman–Crippen LogP) is 9.11. The molecule has 0 bridgehead atoms. The average molecular weight is 478 g/mol. The summed E-state index contributed by atoms with van der Waals surface area (Å²) in [6.45, 7) is 2.73. The van der Waals surface area contributed by atoms with E-state index < -0.39 is 0 Å². The standard InChI is InChI=1S/C27H40ClNO2S/c1-2-3-4-5-6-7-8-9-10-11-12-13-14-15-16-17-26(30)29-22-25(32-27(29)31)23-18-20-24(28)21-19-23/h9-10,18-21,25H,2-8,11-17,22H2,1H3/b10-9-. The molecule has 178 valence electrons. The van der Waals surface area contributed by atoms with Crippen LogP contribution in [0.5, 0.6) is 0 Å². The van der Waals surface area contributed by atoms with Gasteiger partial charge < -0.3 is 0 Å². The Morgan fingerprint density at radius 3 is 2.12 bits per heavy atom. The molecule has 2 rings (SSSR count). The Morgan fingerprint density at radius 2 is 1.50 bits per heavy atom. The molecule has 5 heteroatoms. The quantitative estimate of drug-likeness (QED) is 0.176. The van der Waals surface area contributed by atoms with Crippen molar-refractivity contribution in [2.75, 3.05) is 6.54 Å². The molecule has 1 aromatic carbocycles. The molecular weight excluding hydrogens is 438 g/mol. The largest absolute Gasteiger partial charge is 0.288 e. The molecule has 1 unspecified atom stereocenters. The van der Waals surface area contributed by atoms with E-state index in [0.29, 0.717) is 18.0 Å². The molecule has 1 aliphatic heterocycles. The number of hydrogen-bond donors (Lipinski definition) is 0. The van der Waals surface area contributed by atoms with Crippen LogP contribution in [0.3, 0.4) is 0 Å². The van der Waals surface area contributed by atoms with E-state index in [2.05, 4.69) is 19.1 Å². The van der Waals surface area contributed by atoms with Crippen LogP contribution < -0.4 is 0 Å². The minimum atomic E-state index is -0.123. The first kappa shape index (κ1) is 27.0. The monoisotopic (exact) mass is 477 g/mol. The van der Waals surface area contributed by atoms with Crippen LogP contribution in [0.1, 0.15) is 108 Å². The van der Waals surface area contributed by atoms with E-state index in [1.807, 2.05) is 24.3 Å². The lowest BCUT2D eigenvalue weighted by molar-refractivity contribution is -0.127. The highest BCUT2D eigenvalue weighted by Gasteiger charge is 2.35. The van der Waals surface area contributed by atoms with Gasteiger partial charge in [0.05, 0.1) is 5.25 Å². The Bertz CT molecular complexity index is 704. The van der Waals surface area contributed by atoms with E-state index in [9.17, 15) is 9.59 Å². The molecular formula is C27H40ClNO2S. The molecule has 3 nitrogen and oxygen atoms in total. The van der Waals surface area contributed by atoms with Crippen molar-refractivity contribution in [3.05, 3.63) is 47.0 Å². The third kappa shape index (κ3) is 10.6. The summed E-state index contributed by atoms with van der Waals surface area (Å²) in [7, 11) is 0. The Balaban J connectivity index is 1.47. The Hall–Kier alpha value is -1.26. The van der Waals surface area contributed by atoms with Crippen molar-refractivity contribution in [1.82, 2.24) is 4.90 Å². The summed E-state index contributed by atoms with van der Waals surface area (Å²) in [4.78, 5) is 26.2. The van der Waals surface area contributed by atoms with Crippen LogP contribution in [0.15, 0.2) is 36.4 Å². The van der Waals surface area contributed by atoms with E-state index in [1.165, 1.54) is 80.9 Å². The van der Waals surface area contributed by atoms with Gasteiger partial charge in [-0.15, -0.1) is 0 Å². The molecule has 32 heavy (non-hydrogen) atoms. The fourth-order valence-corrected chi connectivity index (χ4v) is 5.19. The second-order valence-corrected chi connectivity index (χ2v) is 10.4. The SMILES string of the molecule is CCCCCCCC/C=C\CCCCCCCC(=O)N1CC(c2ccc(Cl)cc2)SC1=O. The molecule has 1 heterocycles. The van der Waals surface area contributed by atoms with E-state index >= 15 is 0 Å². The molecule has 0 N–H and O–H groups in total. The topological polar surface area (TPSA) is 37.4 Å². The van der Waals surface area contributed by atoms with Gasteiger partial charge in [0.15, 0.2) is 0 Å². The van der Waals surface area contributed by atoms with Crippen LogP contribution in [-0.4, -0.2) is 22.6 Å². The number of hydrogen-bond acceptors (Lipinski definition) is 3. The van der Waals surface area contributed by atoms with Gasteiger partial charge in [-0.2, -0.15) is 0 Å². The smallest absolute Gasteiger partial charge is 0.274 e. The Morgan fingerprint density at radius 1 is 0.938 bits per heavy atom. The summed E-state index contributed by atoms with van der Waals surface area (Å²) in [5, 5.41) is 0.570. The van der Waals surface area contributed by atoms with Gasteiger partial charge in [-0.1, -0.05) is 106 Å². The maximum Gasteiger partial charge on any atom is 0.288 e. The molecule has 0 aromatic heterocycles. The number of carbonyl (C=O) groups excluding carboxylic acids is 2. The maximum absolute atomic E-state index is 12.5. The molecule has 0 radical (unpaired) electrons. The summed E-state index contributed by atoms with van der Waals surface area (Å²) in [6.07, 6.45) is 21.2. The molecule has 1 aliphatic rings. The summed E-state index contributed by atoms with van der Waals surface area (Å²) >= 11 is 7.18. The molecule has 1 fully saturated rings. The molecule has 0 saturated carbocycles. The lowest BCUT2D eigenvalue weighted by Crippen LogP contribution is -2.30. The second kappa shape index (κ2) is 16.4. The van der Waals surface area contributed by atoms with Crippen LogP contribution in [-0.2, 0) is 4.79 Å². The van der Waals surface area contributed by atoms with Crippen LogP contribution >= 0.6 is 23.4 Å². The Kier molecular flexibility index (Phi) is 13.8. The van der Waals surface area contributed by atoms with Crippen molar-refractivity contribution in [1.29, 1.82) is 0 Å². The number of amides is 2. The predicted molar refractivity (Wildman–Crippen MR) is 138 cm³/mol. The van der Waals surface area contributed by atoms with Crippen LogP contribution in [0, 0.1) is 0 Å². The zero-order chi connectivity index (χ0) is 23.0. The van der Waals surface area contributed by atoms with Crippen molar-refractivity contribution < 1.29 is 9.59 Å². The number of unbranched alkanes of at least 4 members (excludes halogenated alkanes) is 11. The molecule has 2 amide bonds. The molecule has 0 aliphatic carbocycles. The van der Waals surface area contributed by atoms with E-state index in [-0.39, 0.29) is 16.4 Å². The highest BCUT2D eigenvalue weighted by atomic mass is 35.5. The maximum atomic E-state index is 12.5. The van der Waals surface area contributed by atoms with E-state index in [1.54, 1.807) is 0 Å². The van der Waals surface area contributed by atoms with Crippen molar-refractivity contribution in [3.63, 3.8) is 0 Å². The minimum Gasteiger partial charge on any atom is -0.274 e. The van der Waals surface area contributed by atoms with E-state index in [4.69, 9.17) is 11.6 Å². The summed E-state index contributed by atoms with van der Waals surface area (Å²) in [5.74, 6) is -0.0309. The van der Waals surface area contributed by atoms with Crippen molar-refractivity contribution in [2.45, 2.75) is 102 Å². The lowest BCUT2D eigenvalue weighted by Gasteiger charge is -2.13. The third-order valence-electron chi connectivity index (χ3n) is 6.01. The summed E-state index contributed by atoms with van der Waals surface area (Å²) in [6, 6.07) is 7.53. The number of nitrogens with zero attached hydrogens (tertiary/aromatic N) is 1. The van der Waals surface area contributed by atoms with Crippen LogP contribution in [0.25, 0.3) is 0 Å². The number of imide groups is 1. The zero-order valence-electron chi connectivity index (χ0n) is 19.7. The lowest BCUT2D eigenvalue weighted by atomic mass is 10.1. The number of allylic oxidation sites excluding steroid dienone is 2. The van der Waals surface area contributed by atoms with Gasteiger partial charge in [0.1, 0.15) is 0 Å². The average Bonchev–Trinajstić information content (AvgIpc) is 3.18. The summed E-state index contributed by atoms with van der Waals surface area (Å²) in [5.41, 5.74) is 1.05. The Labute approximate surface area is 204 Å². The normalized spacial score (nSPS) is 16.4.